The van der Waals surface area contributed by atoms with E-state index in [9.17, 15) is 0 Å². The number of aryl methyl sites for hydroxylation is 2. The molecule has 4 aromatic carbocycles. The Morgan fingerprint density at radius 3 is 2.02 bits per heavy atom. The van der Waals surface area contributed by atoms with Crippen molar-refractivity contribution in [3.63, 3.8) is 0 Å². The summed E-state index contributed by atoms with van der Waals surface area (Å²) in [5.74, 6) is 1.97. The highest BCUT2D eigenvalue weighted by atomic mass is 16.3. The number of hydrogen-bond acceptors (Lipinski definition) is 1. The van der Waals surface area contributed by atoms with Gasteiger partial charge in [-0.05, 0) is 62.8 Å². The van der Waals surface area contributed by atoms with Crippen LogP contribution in [0.25, 0.3) is 39.0 Å². The standard InChI is InChI=1S/C39H43N2O/c1-24(2)28-18-14-19-29(25(3)4)36(28)41-23-34(40(9)38(41)30-16-11-10-15-26(30)5)39(7,8)35-27(6)21-22-32-31-17-12-13-20-33(31)42-37(32)35/h10-25H,1-9H3/q+1. The van der Waals surface area contributed by atoms with Gasteiger partial charge in [0, 0.05) is 27.5 Å². The highest BCUT2D eigenvalue weighted by Gasteiger charge is 2.39. The smallest absolute Gasteiger partial charge is 0.294 e. The van der Waals surface area contributed by atoms with Gasteiger partial charge in [0.2, 0.25) is 0 Å². The summed E-state index contributed by atoms with van der Waals surface area (Å²) in [6.07, 6.45) is 2.40. The second-order valence-corrected chi connectivity index (χ2v) is 13.0. The number of rotatable bonds is 6. The van der Waals surface area contributed by atoms with Gasteiger partial charge in [0.1, 0.15) is 23.1 Å². The zero-order valence-corrected chi connectivity index (χ0v) is 26.5. The second-order valence-electron chi connectivity index (χ2n) is 13.0. The van der Waals surface area contributed by atoms with Crippen molar-refractivity contribution in [2.75, 3.05) is 0 Å². The Kier molecular flexibility index (Phi) is 6.88. The van der Waals surface area contributed by atoms with Crippen molar-refractivity contribution in [3.05, 3.63) is 119 Å². The van der Waals surface area contributed by atoms with Gasteiger partial charge in [-0.15, -0.1) is 0 Å². The molecule has 2 heterocycles. The molecular weight excluding hydrogens is 512 g/mol. The summed E-state index contributed by atoms with van der Waals surface area (Å²) >= 11 is 0. The van der Waals surface area contributed by atoms with Gasteiger partial charge in [-0.25, -0.2) is 4.57 Å². The molecule has 0 N–H and O–H groups in total. The van der Waals surface area contributed by atoms with Crippen LogP contribution >= 0.6 is 0 Å². The van der Waals surface area contributed by atoms with Crippen LogP contribution in [0.2, 0.25) is 0 Å². The third-order valence-electron chi connectivity index (χ3n) is 9.15. The lowest BCUT2D eigenvalue weighted by atomic mass is 9.78. The van der Waals surface area contributed by atoms with Crippen molar-refractivity contribution in [3.8, 4) is 17.1 Å². The molecule has 0 unspecified atom stereocenters. The van der Waals surface area contributed by atoms with Crippen LogP contribution in [0.1, 0.15) is 86.9 Å². The van der Waals surface area contributed by atoms with Gasteiger partial charge in [-0.1, -0.05) is 94.4 Å². The Morgan fingerprint density at radius 2 is 1.36 bits per heavy atom. The van der Waals surface area contributed by atoms with Gasteiger partial charge < -0.3 is 4.42 Å². The van der Waals surface area contributed by atoms with E-state index in [1.165, 1.54) is 61.4 Å². The van der Waals surface area contributed by atoms with Crippen molar-refractivity contribution >= 4 is 21.9 Å². The Morgan fingerprint density at radius 1 is 0.714 bits per heavy atom. The zero-order valence-electron chi connectivity index (χ0n) is 26.5. The third kappa shape index (κ3) is 4.29. The van der Waals surface area contributed by atoms with Crippen molar-refractivity contribution in [1.29, 1.82) is 0 Å². The van der Waals surface area contributed by atoms with Crippen molar-refractivity contribution < 1.29 is 8.98 Å². The monoisotopic (exact) mass is 555 g/mol. The van der Waals surface area contributed by atoms with Gasteiger partial charge >= 0.3 is 0 Å². The SMILES string of the molecule is Cc1ccccc1-c1n(-c2c(C(C)C)cccc2C(C)C)cc(C(C)(C)c2c(C)ccc3c2oc2ccccc23)[n+]1C. The van der Waals surface area contributed by atoms with E-state index in [0.717, 1.165) is 11.2 Å². The average Bonchev–Trinajstić information content (AvgIpc) is 3.50. The molecule has 0 saturated carbocycles. The predicted octanol–water partition coefficient (Wildman–Crippen LogP) is 10.1. The fraction of sp³-hybridized carbons (Fsp3) is 0.308. The molecule has 6 rings (SSSR count). The summed E-state index contributed by atoms with van der Waals surface area (Å²) in [4.78, 5) is 0. The molecule has 214 valence electrons. The highest BCUT2D eigenvalue weighted by Crippen LogP contribution is 2.43. The first kappa shape index (κ1) is 28.0. The van der Waals surface area contributed by atoms with Crippen molar-refractivity contribution in [1.82, 2.24) is 4.57 Å². The minimum Gasteiger partial charge on any atom is -0.456 e. The number of aromatic nitrogens is 2. The Balaban J connectivity index is 1.71. The Bertz CT molecular complexity index is 1920. The van der Waals surface area contributed by atoms with Crippen LogP contribution in [0.15, 0.2) is 89.5 Å². The zero-order chi connectivity index (χ0) is 29.9. The molecule has 0 fully saturated rings. The van der Waals surface area contributed by atoms with Crippen LogP contribution in [0.4, 0.5) is 0 Å². The van der Waals surface area contributed by atoms with Crippen molar-refractivity contribution in [2.24, 2.45) is 7.05 Å². The lowest BCUT2D eigenvalue weighted by Gasteiger charge is -2.25. The Labute approximate surface area is 250 Å². The summed E-state index contributed by atoms with van der Waals surface area (Å²) in [5.41, 5.74) is 11.8. The van der Waals surface area contributed by atoms with Gasteiger partial charge in [-0.2, -0.15) is 4.57 Å². The van der Waals surface area contributed by atoms with Gasteiger partial charge in [0.25, 0.3) is 5.82 Å². The van der Waals surface area contributed by atoms with E-state index in [0.29, 0.717) is 11.8 Å². The molecule has 6 aromatic rings. The molecule has 0 bridgehead atoms. The van der Waals surface area contributed by atoms with E-state index in [1.807, 2.05) is 0 Å². The van der Waals surface area contributed by atoms with Crippen LogP contribution in [-0.4, -0.2) is 4.57 Å². The maximum atomic E-state index is 6.62. The normalized spacial score (nSPS) is 12.4. The third-order valence-corrected chi connectivity index (χ3v) is 9.15. The minimum atomic E-state index is -0.348. The number of imidazole rings is 1. The molecule has 0 aliphatic carbocycles. The summed E-state index contributed by atoms with van der Waals surface area (Å²) in [6, 6.07) is 28.4. The van der Waals surface area contributed by atoms with Crippen LogP contribution < -0.4 is 4.57 Å². The summed E-state index contributed by atoms with van der Waals surface area (Å²) in [7, 11) is 2.23. The molecule has 0 spiro atoms. The summed E-state index contributed by atoms with van der Waals surface area (Å²) in [5, 5.41) is 2.34. The Hall–Kier alpha value is -4.11. The molecule has 0 atom stereocenters. The number of furan rings is 1. The fourth-order valence-electron chi connectivity index (χ4n) is 7.01. The fourth-order valence-corrected chi connectivity index (χ4v) is 7.01. The van der Waals surface area contributed by atoms with E-state index in [4.69, 9.17) is 4.42 Å². The lowest BCUT2D eigenvalue weighted by Crippen LogP contribution is -2.41. The topological polar surface area (TPSA) is 21.9 Å². The number of fused-ring (bicyclic) bond motifs is 3. The van der Waals surface area contributed by atoms with Crippen LogP contribution in [0, 0.1) is 13.8 Å². The lowest BCUT2D eigenvalue weighted by molar-refractivity contribution is -0.669. The van der Waals surface area contributed by atoms with E-state index in [2.05, 4.69) is 157 Å². The molecule has 0 aliphatic heterocycles. The average molecular weight is 556 g/mol. The summed E-state index contributed by atoms with van der Waals surface area (Å²) in [6.45, 7) is 18.3. The van der Waals surface area contributed by atoms with E-state index in [1.54, 1.807) is 0 Å². The number of hydrogen-bond donors (Lipinski definition) is 0. The maximum absolute atomic E-state index is 6.62. The highest BCUT2D eigenvalue weighted by molar-refractivity contribution is 6.06. The molecule has 0 saturated heterocycles. The number of benzene rings is 4. The van der Waals surface area contributed by atoms with Gasteiger partial charge in [-0.3, -0.25) is 0 Å². The first-order valence-corrected chi connectivity index (χ1v) is 15.2. The number of para-hydroxylation sites is 2. The first-order chi connectivity index (χ1) is 20.0. The largest absolute Gasteiger partial charge is 0.456 e. The molecule has 42 heavy (non-hydrogen) atoms. The second kappa shape index (κ2) is 10.3. The summed E-state index contributed by atoms with van der Waals surface area (Å²) < 4.78 is 11.5. The van der Waals surface area contributed by atoms with Crippen molar-refractivity contribution in [2.45, 2.75) is 72.6 Å². The molecule has 2 aromatic heterocycles. The van der Waals surface area contributed by atoms with Crippen LogP contribution in [0.5, 0.6) is 0 Å². The molecule has 3 nitrogen and oxygen atoms in total. The number of nitrogens with zero attached hydrogens (tertiary/aromatic N) is 2. The first-order valence-electron chi connectivity index (χ1n) is 15.2. The van der Waals surface area contributed by atoms with E-state index in [-0.39, 0.29) is 5.41 Å². The molecular formula is C39H43N2O+. The molecule has 0 aliphatic rings. The molecule has 0 radical (unpaired) electrons. The van der Waals surface area contributed by atoms with Crippen LogP contribution in [-0.2, 0) is 12.5 Å². The van der Waals surface area contributed by atoms with E-state index < -0.39 is 0 Å². The predicted molar refractivity (Wildman–Crippen MR) is 176 cm³/mol. The quantitative estimate of drug-likeness (QED) is 0.187. The van der Waals surface area contributed by atoms with E-state index >= 15 is 0 Å². The molecule has 0 amide bonds. The van der Waals surface area contributed by atoms with Crippen LogP contribution in [0.3, 0.4) is 0 Å². The maximum Gasteiger partial charge on any atom is 0.294 e. The molecule has 3 heteroatoms. The van der Waals surface area contributed by atoms with Gasteiger partial charge in [0.05, 0.1) is 18.0 Å². The minimum absolute atomic E-state index is 0.348. The van der Waals surface area contributed by atoms with Gasteiger partial charge in [0.15, 0.2) is 5.69 Å².